The van der Waals surface area contributed by atoms with Crippen LogP contribution in [0.15, 0.2) is 59.6 Å². The van der Waals surface area contributed by atoms with Gasteiger partial charge in [0.05, 0.1) is 0 Å². The van der Waals surface area contributed by atoms with E-state index >= 15 is 0 Å². The van der Waals surface area contributed by atoms with Crippen molar-refractivity contribution in [3.63, 3.8) is 0 Å². The normalized spacial score (nSPS) is 17.1. The molecule has 0 saturated carbocycles. The Morgan fingerprint density at radius 1 is 1.14 bits per heavy atom. The van der Waals surface area contributed by atoms with Crippen molar-refractivity contribution in [3.8, 4) is 5.75 Å². The third-order valence-corrected chi connectivity index (χ3v) is 3.73. The summed E-state index contributed by atoms with van der Waals surface area (Å²) < 4.78 is 5.76. The van der Waals surface area contributed by atoms with Gasteiger partial charge in [-0.05, 0) is 48.2 Å². The average molecular weight is 294 g/mol. The number of rotatable bonds is 5. The molecule has 1 atom stereocenters. The smallest absolute Gasteiger partial charge is 0.242 e. The minimum Gasteiger partial charge on any atom is -0.489 e. The van der Waals surface area contributed by atoms with Crippen molar-refractivity contribution in [2.75, 3.05) is 0 Å². The van der Waals surface area contributed by atoms with Crippen LogP contribution in [0.4, 0.5) is 0 Å². The van der Waals surface area contributed by atoms with Gasteiger partial charge < -0.3 is 10.5 Å². The molecule has 0 radical (unpaired) electrons. The largest absolute Gasteiger partial charge is 0.489 e. The molecule has 4 nitrogen and oxygen atoms in total. The summed E-state index contributed by atoms with van der Waals surface area (Å²) in [6, 6.07) is 17.5. The summed E-state index contributed by atoms with van der Waals surface area (Å²) in [7, 11) is 0. The second-order valence-corrected chi connectivity index (χ2v) is 5.33. The number of carbonyl (C=O) groups excluding carboxylic acids is 1. The fourth-order valence-electron chi connectivity index (χ4n) is 2.50. The highest BCUT2D eigenvalue weighted by atomic mass is 16.5. The van der Waals surface area contributed by atoms with Crippen LogP contribution < -0.4 is 10.5 Å². The Balaban J connectivity index is 1.63. The van der Waals surface area contributed by atoms with E-state index in [2.05, 4.69) is 4.99 Å². The Labute approximate surface area is 129 Å². The molecule has 2 aromatic rings. The number of amides is 1. The first-order chi connectivity index (χ1) is 10.7. The molecule has 0 fully saturated rings. The lowest BCUT2D eigenvalue weighted by Crippen LogP contribution is -2.24. The predicted octanol–water partition coefficient (Wildman–Crippen LogP) is 2.70. The number of ether oxygens (including phenoxy) is 1. The zero-order valence-electron chi connectivity index (χ0n) is 12.2. The molecule has 1 heterocycles. The molecule has 1 amide bonds. The van der Waals surface area contributed by atoms with E-state index in [0.717, 1.165) is 29.0 Å². The monoisotopic (exact) mass is 294 g/mol. The average Bonchev–Trinajstić information content (AvgIpc) is 3.05. The number of aliphatic imine (C=N–C) groups is 1. The van der Waals surface area contributed by atoms with Crippen molar-refractivity contribution in [3.05, 3.63) is 65.7 Å². The van der Waals surface area contributed by atoms with Gasteiger partial charge in [-0.1, -0.05) is 30.3 Å². The zero-order chi connectivity index (χ0) is 15.4. The molecular formula is C18H18N2O2. The highest BCUT2D eigenvalue weighted by Gasteiger charge is 2.22. The van der Waals surface area contributed by atoms with Crippen LogP contribution in [0.2, 0.25) is 0 Å². The molecule has 0 saturated heterocycles. The van der Waals surface area contributed by atoms with E-state index in [9.17, 15) is 4.79 Å². The van der Waals surface area contributed by atoms with Gasteiger partial charge >= 0.3 is 0 Å². The second-order valence-electron chi connectivity index (χ2n) is 5.33. The highest BCUT2D eigenvalue weighted by Crippen LogP contribution is 2.21. The van der Waals surface area contributed by atoms with Gasteiger partial charge in [0.1, 0.15) is 18.4 Å². The summed E-state index contributed by atoms with van der Waals surface area (Å²) in [6.07, 6.45) is 1.49. The maximum Gasteiger partial charge on any atom is 0.242 e. The van der Waals surface area contributed by atoms with Crippen molar-refractivity contribution in [1.29, 1.82) is 0 Å². The van der Waals surface area contributed by atoms with Crippen LogP contribution in [0.25, 0.3) is 0 Å². The number of hydrogen-bond acceptors (Lipinski definition) is 3. The molecule has 0 bridgehead atoms. The molecule has 2 aromatic carbocycles. The van der Waals surface area contributed by atoms with Crippen LogP contribution in [-0.2, 0) is 11.4 Å². The number of nitrogens with two attached hydrogens (primary N) is 1. The van der Waals surface area contributed by atoms with Crippen molar-refractivity contribution in [2.45, 2.75) is 25.5 Å². The Morgan fingerprint density at radius 3 is 2.50 bits per heavy atom. The van der Waals surface area contributed by atoms with Crippen molar-refractivity contribution in [2.24, 2.45) is 10.7 Å². The maximum absolute atomic E-state index is 11.1. The van der Waals surface area contributed by atoms with Crippen molar-refractivity contribution >= 4 is 11.6 Å². The van der Waals surface area contributed by atoms with E-state index < -0.39 is 0 Å². The molecule has 22 heavy (non-hydrogen) atoms. The van der Waals surface area contributed by atoms with Gasteiger partial charge in [0.25, 0.3) is 0 Å². The third kappa shape index (κ3) is 3.34. The number of hydrogen-bond donors (Lipinski definition) is 1. The molecule has 112 valence electrons. The van der Waals surface area contributed by atoms with E-state index in [-0.39, 0.29) is 11.9 Å². The van der Waals surface area contributed by atoms with Gasteiger partial charge in [0.15, 0.2) is 0 Å². The van der Waals surface area contributed by atoms with E-state index in [1.54, 1.807) is 0 Å². The zero-order valence-corrected chi connectivity index (χ0v) is 12.2. The van der Waals surface area contributed by atoms with Gasteiger partial charge in [-0.3, -0.25) is 9.79 Å². The molecular weight excluding hydrogens is 276 g/mol. The van der Waals surface area contributed by atoms with Gasteiger partial charge in [-0.25, -0.2) is 0 Å². The topological polar surface area (TPSA) is 64.7 Å². The number of nitrogens with zero attached hydrogens (tertiary/aromatic N) is 1. The Kier molecular flexibility index (Phi) is 4.19. The Bertz CT molecular complexity index is 678. The van der Waals surface area contributed by atoms with Gasteiger partial charge in [-0.15, -0.1) is 0 Å². The molecule has 3 rings (SSSR count). The first kappa shape index (κ1) is 14.3. The van der Waals surface area contributed by atoms with Gasteiger partial charge in [-0.2, -0.15) is 0 Å². The van der Waals surface area contributed by atoms with E-state index in [4.69, 9.17) is 10.5 Å². The summed E-state index contributed by atoms with van der Waals surface area (Å²) >= 11 is 0. The van der Waals surface area contributed by atoms with Crippen molar-refractivity contribution in [1.82, 2.24) is 0 Å². The summed E-state index contributed by atoms with van der Waals surface area (Å²) in [4.78, 5) is 15.5. The van der Waals surface area contributed by atoms with Gasteiger partial charge in [0, 0.05) is 5.71 Å². The van der Waals surface area contributed by atoms with Crippen LogP contribution in [-0.4, -0.2) is 17.7 Å². The van der Waals surface area contributed by atoms with Gasteiger partial charge in [0.2, 0.25) is 5.91 Å². The quantitative estimate of drug-likeness (QED) is 0.921. The van der Waals surface area contributed by atoms with E-state index in [0.29, 0.717) is 13.0 Å². The summed E-state index contributed by atoms with van der Waals surface area (Å²) in [6.45, 7) is 0.547. The van der Waals surface area contributed by atoms with Crippen LogP contribution in [0.5, 0.6) is 5.75 Å². The molecule has 0 unspecified atom stereocenters. The fraction of sp³-hybridized carbons (Fsp3) is 0.222. The Morgan fingerprint density at radius 2 is 1.86 bits per heavy atom. The van der Waals surface area contributed by atoms with Crippen LogP contribution in [0.3, 0.4) is 0 Å². The molecule has 2 N–H and O–H groups in total. The SMILES string of the molecule is NC(=O)[C@@H]1CCC(c2ccc(OCc3ccccc3)cc2)=N1. The lowest BCUT2D eigenvalue weighted by atomic mass is 10.1. The number of benzene rings is 2. The van der Waals surface area contributed by atoms with E-state index in [1.807, 2.05) is 54.6 Å². The highest BCUT2D eigenvalue weighted by molar-refractivity contribution is 6.04. The molecule has 0 aromatic heterocycles. The molecule has 0 spiro atoms. The molecule has 1 aliphatic rings. The summed E-state index contributed by atoms with van der Waals surface area (Å²) in [5, 5.41) is 0. The van der Waals surface area contributed by atoms with Crippen LogP contribution in [0, 0.1) is 0 Å². The number of carbonyl (C=O) groups is 1. The standard InChI is InChI=1S/C18H18N2O2/c19-18(21)17-11-10-16(20-17)14-6-8-15(9-7-14)22-12-13-4-2-1-3-5-13/h1-9,17H,10-12H2,(H2,19,21)/t17-/m0/s1. The van der Waals surface area contributed by atoms with Crippen LogP contribution in [0.1, 0.15) is 24.0 Å². The first-order valence-corrected chi connectivity index (χ1v) is 7.35. The number of primary amides is 1. The van der Waals surface area contributed by atoms with E-state index in [1.165, 1.54) is 0 Å². The molecule has 4 heteroatoms. The second kappa shape index (κ2) is 6.43. The molecule has 0 aliphatic carbocycles. The summed E-state index contributed by atoms with van der Waals surface area (Å²) in [5.74, 6) is 0.468. The summed E-state index contributed by atoms with van der Waals surface area (Å²) in [5.41, 5.74) is 8.39. The molecule has 1 aliphatic heterocycles. The minimum atomic E-state index is -0.371. The predicted molar refractivity (Wildman–Crippen MR) is 86.0 cm³/mol. The minimum absolute atomic E-state index is 0.349. The lowest BCUT2D eigenvalue weighted by Gasteiger charge is -2.07. The van der Waals surface area contributed by atoms with Crippen molar-refractivity contribution < 1.29 is 9.53 Å². The third-order valence-electron chi connectivity index (χ3n) is 3.73. The van der Waals surface area contributed by atoms with Crippen LogP contribution >= 0.6 is 0 Å². The lowest BCUT2D eigenvalue weighted by molar-refractivity contribution is -0.119. The fourth-order valence-corrected chi connectivity index (χ4v) is 2.50. The first-order valence-electron chi connectivity index (χ1n) is 7.35. The maximum atomic E-state index is 11.1. The Hall–Kier alpha value is -2.62.